The predicted molar refractivity (Wildman–Crippen MR) is 127 cm³/mol. The fourth-order valence-electron chi connectivity index (χ4n) is 4.69. The van der Waals surface area contributed by atoms with E-state index in [0.29, 0.717) is 40.7 Å². The number of ether oxygens (including phenoxy) is 1. The maximum absolute atomic E-state index is 13.9. The van der Waals surface area contributed by atoms with E-state index in [1.54, 1.807) is 28.8 Å². The van der Waals surface area contributed by atoms with Gasteiger partial charge in [0.05, 0.1) is 47.2 Å². The number of H-pyrrole nitrogens is 1. The van der Waals surface area contributed by atoms with Crippen molar-refractivity contribution in [2.45, 2.75) is 26.9 Å². The maximum atomic E-state index is 13.9. The lowest BCUT2D eigenvalue weighted by Crippen LogP contribution is -2.34. The first-order valence-corrected chi connectivity index (χ1v) is 11.0. The fourth-order valence-corrected chi connectivity index (χ4v) is 5.00. The molecule has 4 aromatic rings. The van der Waals surface area contributed by atoms with Crippen molar-refractivity contribution in [1.29, 1.82) is 0 Å². The topological polar surface area (TPSA) is 85.2 Å². The highest BCUT2D eigenvalue weighted by Crippen LogP contribution is 2.39. The normalized spacial score (nSPS) is 13.6. The number of nitrogens with zero attached hydrogens (tertiary/aromatic N) is 4. The Kier molecular flexibility index (Phi) is 5.05. The quantitative estimate of drug-likeness (QED) is 0.498. The Morgan fingerprint density at radius 2 is 2.00 bits per heavy atom. The van der Waals surface area contributed by atoms with Gasteiger partial charge in [-0.25, -0.2) is 0 Å². The minimum atomic E-state index is -0.265. The van der Waals surface area contributed by atoms with E-state index in [4.69, 9.17) is 16.3 Å². The Labute approximate surface area is 195 Å². The smallest absolute Gasteiger partial charge is 0.257 e. The molecule has 5 rings (SSSR count). The molecule has 0 fully saturated rings. The molecule has 0 spiro atoms. The van der Waals surface area contributed by atoms with Crippen LogP contribution in [0.1, 0.15) is 27.2 Å². The minimum absolute atomic E-state index is 0.120. The molecule has 33 heavy (non-hydrogen) atoms. The van der Waals surface area contributed by atoms with Crippen LogP contribution in [0.15, 0.2) is 35.4 Å². The van der Waals surface area contributed by atoms with Gasteiger partial charge >= 0.3 is 0 Å². The number of pyridine rings is 1. The van der Waals surface area contributed by atoms with Gasteiger partial charge in [0.2, 0.25) is 0 Å². The Bertz CT molecular complexity index is 1460. The summed E-state index contributed by atoms with van der Waals surface area (Å²) in [6.07, 6.45) is 3.75. The van der Waals surface area contributed by atoms with Crippen molar-refractivity contribution in [2.75, 3.05) is 13.7 Å². The molecule has 1 N–H and O–H groups in total. The summed E-state index contributed by atoms with van der Waals surface area (Å²) in [5.74, 6) is 0.245. The van der Waals surface area contributed by atoms with Gasteiger partial charge in [-0.15, -0.1) is 0 Å². The van der Waals surface area contributed by atoms with Crippen LogP contribution in [-0.4, -0.2) is 43.8 Å². The number of carbonyl (C=O) groups excluding carboxylic acids is 1. The van der Waals surface area contributed by atoms with E-state index >= 15 is 0 Å². The van der Waals surface area contributed by atoms with Gasteiger partial charge in [0.1, 0.15) is 5.75 Å². The lowest BCUT2D eigenvalue weighted by molar-refractivity contribution is 0.0744. The SMILES string of the molecule is COc1cc(C)[nH]c(=O)c1CN1CCn2ccc3cc(-c4c(C)cnn4C)c(Cl)c(c32)C1=O. The molecule has 4 heterocycles. The number of halogens is 1. The molecule has 170 valence electrons. The van der Waals surface area contributed by atoms with Crippen LogP contribution < -0.4 is 10.3 Å². The third kappa shape index (κ3) is 3.33. The van der Waals surface area contributed by atoms with Crippen molar-refractivity contribution in [1.82, 2.24) is 24.2 Å². The summed E-state index contributed by atoms with van der Waals surface area (Å²) in [6, 6.07) is 5.78. The summed E-state index contributed by atoms with van der Waals surface area (Å²) >= 11 is 6.94. The van der Waals surface area contributed by atoms with Gasteiger partial charge in [-0.1, -0.05) is 11.6 Å². The molecule has 0 saturated heterocycles. The summed E-state index contributed by atoms with van der Waals surface area (Å²) in [5, 5.41) is 5.66. The number of aryl methyl sites for hydroxylation is 3. The molecule has 0 aliphatic carbocycles. The molecule has 0 bridgehead atoms. The predicted octanol–water partition coefficient (Wildman–Crippen LogP) is 3.66. The molecule has 1 aliphatic rings. The Morgan fingerprint density at radius 1 is 1.21 bits per heavy atom. The van der Waals surface area contributed by atoms with Crippen LogP contribution in [-0.2, 0) is 20.1 Å². The van der Waals surface area contributed by atoms with Gasteiger partial charge in [0, 0.05) is 43.0 Å². The van der Waals surface area contributed by atoms with Crippen LogP contribution in [0.4, 0.5) is 0 Å². The number of methoxy groups -OCH3 is 1. The number of hydrogen-bond acceptors (Lipinski definition) is 4. The van der Waals surface area contributed by atoms with Crippen molar-refractivity contribution >= 4 is 28.4 Å². The highest BCUT2D eigenvalue weighted by atomic mass is 35.5. The Morgan fingerprint density at radius 3 is 2.70 bits per heavy atom. The summed E-state index contributed by atoms with van der Waals surface area (Å²) < 4.78 is 9.25. The van der Waals surface area contributed by atoms with E-state index in [9.17, 15) is 9.59 Å². The van der Waals surface area contributed by atoms with E-state index in [1.165, 1.54) is 7.11 Å². The summed E-state index contributed by atoms with van der Waals surface area (Å²) in [7, 11) is 3.38. The van der Waals surface area contributed by atoms with Gasteiger partial charge in [-0.3, -0.25) is 14.3 Å². The van der Waals surface area contributed by atoms with Crippen LogP contribution >= 0.6 is 11.6 Å². The third-order valence-corrected chi connectivity index (χ3v) is 6.67. The van der Waals surface area contributed by atoms with Crippen molar-refractivity contribution in [3.05, 3.63) is 68.4 Å². The van der Waals surface area contributed by atoms with Crippen LogP contribution in [0.25, 0.3) is 22.2 Å². The first-order chi connectivity index (χ1) is 15.8. The zero-order chi connectivity index (χ0) is 23.4. The van der Waals surface area contributed by atoms with Crippen molar-refractivity contribution < 1.29 is 9.53 Å². The van der Waals surface area contributed by atoms with Gasteiger partial charge in [0.15, 0.2) is 0 Å². The fraction of sp³-hybridized carbons (Fsp3) is 0.292. The van der Waals surface area contributed by atoms with Crippen molar-refractivity contribution in [2.24, 2.45) is 7.05 Å². The number of nitrogens with one attached hydrogen (secondary N) is 1. The number of aromatic nitrogens is 4. The standard InChI is InChI=1S/C24H24ClN5O3/c1-13-11-26-28(3)21(13)16-10-15-5-6-29-7-8-30(24(32)19(20(16)25)22(15)29)12-17-18(33-4)9-14(2)27-23(17)31/h5-6,9-11H,7-8,12H2,1-4H3,(H,27,31). The van der Waals surface area contributed by atoms with E-state index in [-0.39, 0.29) is 18.0 Å². The number of rotatable bonds is 4. The summed E-state index contributed by atoms with van der Waals surface area (Å²) in [4.78, 5) is 31.0. The molecule has 0 radical (unpaired) electrons. The van der Waals surface area contributed by atoms with E-state index < -0.39 is 0 Å². The highest BCUT2D eigenvalue weighted by molar-refractivity contribution is 6.38. The van der Waals surface area contributed by atoms with Crippen LogP contribution in [0.3, 0.4) is 0 Å². The second-order valence-electron chi connectivity index (χ2n) is 8.41. The van der Waals surface area contributed by atoms with Crippen LogP contribution in [0.2, 0.25) is 5.02 Å². The number of amides is 1. The van der Waals surface area contributed by atoms with Gasteiger partial charge in [-0.2, -0.15) is 5.10 Å². The number of aromatic amines is 1. The van der Waals surface area contributed by atoms with Gasteiger partial charge < -0.3 is 19.2 Å². The molecule has 0 saturated carbocycles. The zero-order valence-electron chi connectivity index (χ0n) is 18.9. The van der Waals surface area contributed by atoms with Crippen molar-refractivity contribution in [3.63, 3.8) is 0 Å². The molecular weight excluding hydrogens is 442 g/mol. The van der Waals surface area contributed by atoms with E-state index in [2.05, 4.69) is 10.1 Å². The molecule has 9 heteroatoms. The van der Waals surface area contributed by atoms with Gasteiger partial charge in [-0.05, 0) is 37.6 Å². The minimum Gasteiger partial charge on any atom is -0.496 e. The molecule has 8 nitrogen and oxygen atoms in total. The molecule has 1 aromatic carbocycles. The second-order valence-corrected chi connectivity index (χ2v) is 8.79. The Balaban J connectivity index is 1.66. The first-order valence-electron chi connectivity index (χ1n) is 10.7. The maximum Gasteiger partial charge on any atom is 0.257 e. The Hall–Kier alpha value is -3.52. The van der Waals surface area contributed by atoms with Crippen LogP contribution in [0.5, 0.6) is 5.75 Å². The molecule has 0 atom stereocenters. The first kappa shape index (κ1) is 21.3. The lowest BCUT2D eigenvalue weighted by atomic mass is 10.0. The molecule has 1 amide bonds. The molecular formula is C24H24ClN5O3. The second kappa shape index (κ2) is 7.81. The van der Waals surface area contributed by atoms with Gasteiger partial charge in [0.25, 0.3) is 11.5 Å². The monoisotopic (exact) mass is 465 g/mol. The van der Waals surface area contributed by atoms with Crippen LogP contribution in [0, 0.1) is 13.8 Å². The average molecular weight is 466 g/mol. The summed E-state index contributed by atoms with van der Waals surface area (Å²) in [6.45, 7) is 4.91. The van der Waals surface area contributed by atoms with Crippen molar-refractivity contribution in [3.8, 4) is 17.0 Å². The molecule has 1 aliphatic heterocycles. The number of hydrogen-bond donors (Lipinski definition) is 1. The third-order valence-electron chi connectivity index (χ3n) is 6.27. The van der Waals surface area contributed by atoms with E-state index in [0.717, 1.165) is 27.7 Å². The number of benzene rings is 1. The zero-order valence-corrected chi connectivity index (χ0v) is 19.7. The van der Waals surface area contributed by atoms with E-state index in [1.807, 2.05) is 36.9 Å². The summed E-state index contributed by atoms with van der Waals surface area (Å²) in [5.41, 5.74) is 4.69. The average Bonchev–Trinajstić information content (AvgIpc) is 3.29. The molecule has 0 unspecified atom stereocenters. The molecule has 3 aromatic heterocycles. The number of carbonyl (C=O) groups is 1. The largest absolute Gasteiger partial charge is 0.496 e. The highest BCUT2D eigenvalue weighted by Gasteiger charge is 2.30. The lowest BCUT2D eigenvalue weighted by Gasteiger charge is -2.22.